The normalized spacial score (nSPS) is 12.6. The van der Waals surface area contributed by atoms with Crippen LogP contribution in [-0.4, -0.2) is 26.5 Å². The van der Waals surface area contributed by atoms with Crippen molar-refractivity contribution in [1.29, 1.82) is 0 Å². The third kappa shape index (κ3) is 3.48. The second-order valence-electron chi connectivity index (χ2n) is 6.19. The Kier molecular flexibility index (Phi) is 4.59. The molecule has 140 valence electrons. The second-order valence-corrected chi connectivity index (χ2v) is 6.19. The van der Waals surface area contributed by atoms with Crippen LogP contribution in [0.1, 0.15) is 23.0 Å². The number of nitrogens with one attached hydrogen (secondary N) is 2. The minimum atomic E-state index is -0.700. The van der Waals surface area contributed by atoms with Gasteiger partial charge in [-0.25, -0.2) is 14.7 Å². The molecule has 0 amide bonds. The van der Waals surface area contributed by atoms with Gasteiger partial charge in [-0.05, 0) is 17.7 Å². The number of aliphatic imine (C=N–C) groups is 1. The molecule has 0 bridgehead atoms. The van der Waals surface area contributed by atoms with Crippen LogP contribution >= 0.6 is 0 Å². The van der Waals surface area contributed by atoms with E-state index in [2.05, 4.69) is 20.2 Å². The fraction of sp³-hybridized carbons (Fsp3) is 0.100. The zero-order chi connectivity index (χ0) is 19.5. The zero-order valence-electron chi connectivity index (χ0n) is 14.6. The van der Waals surface area contributed by atoms with E-state index in [1.165, 1.54) is 6.21 Å². The average Bonchev–Trinajstić information content (AvgIpc) is 3.14. The Balaban J connectivity index is 1.74. The predicted octanol–water partition coefficient (Wildman–Crippen LogP) is 2.31. The van der Waals surface area contributed by atoms with E-state index in [4.69, 9.17) is 4.42 Å². The van der Waals surface area contributed by atoms with Gasteiger partial charge < -0.3 is 9.52 Å². The van der Waals surface area contributed by atoms with Gasteiger partial charge in [0.15, 0.2) is 5.82 Å². The molecule has 0 aliphatic heterocycles. The summed E-state index contributed by atoms with van der Waals surface area (Å²) in [6.07, 6.45) is 1.70. The van der Waals surface area contributed by atoms with Crippen LogP contribution in [0.3, 0.4) is 0 Å². The van der Waals surface area contributed by atoms with E-state index in [1.54, 1.807) is 24.3 Å². The SMILES string of the molecule is O=c1[nH]nc(C(Cc2ccccc2)N=Cc2c(O)c3ccccc3oc2=O)[nH]1. The summed E-state index contributed by atoms with van der Waals surface area (Å²) in [7, 11) is 0. The largest absolute Gasteiger partial charge is 0.506 e. The monoisotopic (exact) mass is 376 g/mol. The molecular formula is C20H16N4O4. The van der Waals surface area contributed by atoms with Crippen molar-refractivity contribution in [3.63, 3.8) is 0 Å². The number of aromatic nitrogens is 3. The van der Waals surface area contributed by atoms with Crippen molar-refractivity contribution in [3.8, 4) is 5.75 Å². The lowest BCUT2D eigenvalue weighted by Crippen LogP contribution is -2.10. The molecular weight excluding hydrogens is 360 g/mol. The molecule has 2 aromatic carbocycles. The standard InChI is InChI=1S/C20H16N4O4/c25-17-13-8-4-5-9-16(13)28-19(26)14(17)11-21-15(18-22-20(27)24-23-18)10-12-6-2-1-3-7-12/h1-9,11,15,25H,10H2,(H2,22,23,24,27). The van der Waals surface area contributed by atoms with Gasteiger partial charge in [0.2, 0.25) is 0 Å². The van der Waals surface area contributed by atoms with E-state index in [0.717, 1.165) is 5.56 Å². The molecule has 2 aromatic heterocycles. The smallest absolute Gasteiger partial charge is 0.348 e. The maximum absolute atomic E-state index is 12.3. The summed E-state index contributed by atoms with van der Waals surface area (Å²) in [5.41, 5.74) is 0.0581. The number of hydrogen-bond acceptors (Lipinski definition) is 6. The van der Waals surface area contributed by atoms with Crippen LogP contribution in [0.15, 0.2) is 73.6 Å². The fourth-order valence-corrected chi connectivity index (χ4v) is 2.92. The fourth-order valence-electron chi connectivity index (χ4n) is 2.92. The summed E-state index contributed by atoms with van der Waals surface area (Å²) in [6, 6.07) is 15.7. The van der Waals surface area contributed by atoms with Crippen LogP contribution < -0.4 is 11.3 Å². The molecule has 1 atom stereocenters. The second kappa shape index (κ2) is 7.36. The van der Waals surface area contributed by atoms with Crippen LogP contribution in [0, 0.1) is 0 Å². The van der Waals surface area contributed by atoms with Crippen molar-refractivity contribution in [2.75, 3.05) is 0 Å². The number of H-pyrrole nitrogens is 2. The topological polar surface area (TPSA) is 124 Å². The molecule has 2 heterocycles. The quantitative estimate of drug-likeness (QED) is 0.364. The molecule has 3 N–H and O–H groups in total. The summed E-state index contributed by atoms with van der Waals surface area (Å²) in [5, 5.41) is 17.2. The first kappa shape index (κ1) is 17.5. The van der Waals surface area contributed by atoms with Crippen molar-refractivity contribution in [1.82, 2.24) is 15.2 Å². The molecule has 0 saturated heterocycles. The van der Waals surface area contributed by atoms with E-state index >= 15 is 0 Å². The van der Waals surface area contributed by atoms with Crippen molar-refractivity contribution < 1.29 is 9.52 Å². The lowest BCUT2D eigenvalue weighted by Gasteiger charge is -2.09. The van der Waals surface area contributed by atoms with Crippen LogP contribution in [0.25, 0.3) is 11.0 Å². The van der Waals surface area contributed by atoms with Gasteiger partial charge in [0, 0.05) is 12.6 Å². The Morgan fingerprint density at radius 2 is 1.86 bits per heavy atom. The van der Waals surface area contributed by atoms with Gasteiger partial charge in [0.1, 0.15) is 22.9 Å². The minimum absolute atomic E-state index is 0.0605. The average molecular weight is 376 g/mol. The number of aromatic hydroxyl groups is 1. The number of aromatic amines is 2. The van der Waals surface area contributed by atoms with Crippen molar-refractivity contribution >= 4 is 17.2 Å². The molecule has 8 nitrogen and oxygen atoms in total. The Labute approximate surface area is 158 Å². The zero-order valence-corrected chi connectivity index (χ0v) is 14.6. The Morgan fingerprint density at radius 1 is 1.11 bits per heavy atom. The molecule has 4 aromatic rings. The van der Waals surface area contributed by atoms with E-state index < -0.39 is 17.4 Å². The highest BCUT2D eigenvalue weighted by atomic mass is 16.4. The van der Waals surface area contributed by atoms with Crippen LogP contribution in [0.4, 0.5) is 0 Å². The van der Waals surface area contributed by atoms with Crippen LogP contribution in [-0.2, 0) is 6.42 Å². The van der Waals surface area contributed by atoms with Gasteiger partial charge in [-0.3, -0.25) is 9.98 Å². The highest BCUT2D eigenvalue weighted by Crippen LogP contribution is 2.26. The van der Waals surface area contributed by atoms with Gasteiger partial charge in [-0.15, -0.1) is 0 Å². The van der Waals surface area contributed by atoms with E-state index in [1.807, 2.05) is 30.3 Å². The van der Waals surface area contributed by atoms with Gasteiger partial charge in [-0.2, -0.15) is 5.10 Å². The number of nitrogens with zero attached hydrogens (tertiary/aromatic N) is 2. The van der Waals surface area contributed by atoms with Crippen molar-refractivity contribution in [3.05, 3.63) is 92.5 Å². The molecule has 0 saturated carbocycles. The van der Waals surface area contributed by atoms with Gasteiger partial charge in [0.25, 0.3) is 0 Å². The Hall–Kier alpha value is -3.94. The van der Waals surface area contributed by atoms with Crippen molar-refractivity contribution in [2.45, 2.75) is 12.5 Å². The Morgan fingerprint density at radius 3 is 2.61 bits per heavy atom. The van der Waals surface area contributed by atoms with Crippen LogP contribution in [0.2, 0.25) is 0 Å². The molecule has 28 heavy (non-hydrogen) atoms. The third-order valence-corrected chi connectivity index (χ3v) is 4.31. The summed E-state index contributed by atoms with van der Waals surface area (Å²) in [4.78, 5) is 30.7. The lowest BCUT2D eigenvalue weighted by atomic mass is 10.1. The minimum Gasteiger partial charge on any atom is -0.506 e. The number of fused-ring (bicyclic) bond motifs is 1. The number of hydrogen-bond donors (Lipinski definition) is 3. The molecule has 0 spiro atoms. The number of para-hydroxylation sites is 1. The molecule has 0 fully saturated rings. The first-order valence-electron chi connectivity index (χ1n) is 8.58. The third-order valence-electron chi connectivity index (χ3n) is 4.31. The highest BCUT2D eigenvalue weighted by molar-refractivity contribution is 5.93. The summed E-state index contributed by atoms with van der Waals surface area (Å²) in [6.45, 7) is 0. The van der Waals surface area contributed by atoms with Crippen molar-refractivity contribution in [2.24, 2.45) is 4.99 Å². The summed E-state index contributed by atoms with van der Waals surface area (Å²) < 4.78 is 5.25. The molecule has 4 rings (SSSR count). The first-order valence-corrected chi connectivity index (χ1v) is 8.58. The summed E-state index contributed by atoms with van der Waals surface area (Å²) in [5.74, 6) is 0.124. The molecule has 1 unspecified atom stereocenters. The van der Waals surface area contributed by atoms with Gasteiger partial charge >= 0.3 is 11.3 Å². The van der Waals surface area contributed by atoms with Gasteiger partial charge in [-0.1, -0.05) is 42.5 Å². The molecule has 8 heteroatoms. The molecule has 0 aliphatic rings. The Bertz CT molecular complexity index is 1250. The molecule has 0 aliphatic carbocycles. The summed E-state index contributed by atoms with van der Waals surface area (Å²) >= 11 is 0. The predicted molar refractivity (Wildman–Crippen MR) is 104 cm³/mol. The number of rotatable bonds is 5. The lowest BCUT2D eigenvalue weighted by molar-refractivity contribution is 0.466. The van der Waals surface area contributed by atoms with Gasteiger partial charge in [0.05, 0.1) is 5.39 Å². The maximum atomic E-state index is 12.3. The van der Waals surface area contributed by atoms with E-state index in [9.17, 15) is 14.7 Å². The van der Waals surface area contributed by atoms with E-state index in [-0.39, 0.29) is 11.3 Å². The van der Waals surface area contributed by atoms with E-state index in [0.29, 0.717) is 23.2 Å². The van der Waals surface area contributed by atoms with Crippen LogP contribution in [0.5, 0.6) is 5.75 Å². The highest BCUT2D eigenvalue weighted by Gasteiger charge is 2.17. The number of benzene rings is 2. The first-order chi connectivity index (χ1) is 13.6. The maximum Gasteiger partial charge on any atom is 0.348 e. The molecule has 0 radical (unpaired) electrons.